The van der Waals surface area contributed by atoms with Crippen molar-refractivity contribution >= 4 is 20.9 Å². The van der Waals surface area contributed by atoms with Gasteiger partial charge in [0.2, 0.25) is 10.0 Å². The average molecular weight is 322 g/mol. The standard InChI is InChI=1S/C15H12F2N2O2S/c16-12-2-1-3-13(17)15(12)22(20,21)19-9-10-4-5-11-6-7-18-14(11)8-10/h1-8,18-19H,9H2. The molecular weight excluding hydrogens is 310 g/mol. The molecule has 0 amide bonds. The van der Waals surface area contributed by atoms with Crippen LogP contribution in [-0.4, -0.2) is 13.4 Å². The van der Waals surface area contributed by atoms with E-state index in [4.69, 9.17) is 0 Å². The average Bonchev–Trinajstić information content (AvgIpc) is 2.92. The van der Waals surface area contributed by atoms with Gasteiger partial charge in [-0.1, -0.05) is 18.2 Å². The van der Waals surface area contributed by atoms with E-state index in [0.29, 0.717) is 5.56 Å². The zero-order chi connectivity index (χ0) is 15.7. The quantitative estimate of drug-likeness (QED) is 0.776. The van der Waals surface area contributed by atoms with Crippen LogP contribution in [0.3, 0.4) is 0 Å². The minimum atomic E-state index is -4.27. The van der Waals surface area contributed by atoms with E-state index < -0.39 is 26.6 Å². The second kappa shape index (κ2) is 5.51. The first-order chi connectivity index (χ1) is 10.5. The molecule has 0 spiro atoms. The number of rotatable bonds is 4. The van der Waals surface area contributed by atoms with Gasteiger partial charge in [0.25, 0.3) is 0 Å². The SMILES string of the molecule is O=S(=O)(NCc1ccc2cc[nH]c2c1)c1c(F)cccc1F. The molecule has 1 aromatic heterocycles. The molecule has 2 aromatic carbocycles. The summed E-state index contributed by atoms with van der Waals surface area (Å²) in [6.07, 6.45) is 1.77. The molecule has 0 aliphatic rings. The summed E-state index contributed by atoms with van der Waals surface area (Å²) in [4.78, 5) is 2.05. The summed E-state index contributed by atoms with van der Waals surface area (Å²) < 4.78 is 53.5. The first kappa shape index (κ1) is 14.7. The second-order valence-corrected chi connectivity index (χ2v) is 6.48. The van der Waals surface area contributed by atoms with Crippen molar-refractivity contribution in [2.75, 3.05) is 0 Å². The van der Waals surface area contributed by atoms with E-state index in [1.807, 2.05) is 12.1 Å². The highest BCUT2D eigenvalue weighted by Gasteiger charge is 2.23. The highest BCUT2D eigenvalue weighted by atomic mass is 32.2. The molecule has 0 unspecified atom stereocenters. The maximum atomic E-state index is 13.6. The highest BCUT2D eigenvalue weighted by molar-refractivity contribution is 7.89. The predicted octanol–water partition coefficient (Wildman–Crippen LogP) is 2.92. The molecule has 0 bridgehead atoms. The summed E-state index contributed by atoms with van der Waals surface area (Å²) >= 11 is 0. The Kier molecular flexibility index (Phi) is 3.67. The fraction of sp³-hybridized carbons (Fsp3) is 0.0667. The summed E-state index contributed by atoms with van der Waals surface area (Å²) in [6.45, 7) is -0.0644. The van der Waals surface area contributed by atoms with Gasteiger partial charge in [-0.05, 0) is 35.2 Å². The van der Waals surface area contributed by atoms with E-state index in [0.717, 1.165) is 29.1 Å². The summed E-state index contributed by atoms with van der Waals surface area (Å²) in [5.74, 6) is -2.24. The molecule has 0 atom stereocenters. The lowest BCUT2D eigenvalue weighted by Crippen LogP contribution is -2.25. The van der Waals surface area contributed by atoms with Crippen LogP contribution in [0.2, 0.25) is 0 Å². The number of aromatic amines is 1. The van der Waals surface area contributed by atoms with Crippen molar-refractivity contribution in [1.82, 2.24) is 9.71 Å². The molecule has 114 valence electrons. The summed E-state index contributed by atoms with van der Waals surface area (Å²) in [5, 5.41) is 0.992. The maximum Gasteiger partial charge on any atom is 0.246 e. The van der Waals surface area contributed by atoms with Crippen LogP contribution >= 0.6 is 0 Å². The van der Waals surface area contributed by atoms with Crippen LogP contribution in [0.15, 0.2) is 53.6 Å². The fourth-order valence-electron chi connectivity index (χ4n) is 2.19. The summed E-state index contributed by atoms with van der Waals surface area (Å²) in [7, 11) is -4.27. The van der Waals surface area contributed by atoms with Crippen molar-refractivity contribution in [2.24, 2.45) is 0 Å². The van der Waals surface area contributed by atoms with Gasteiger partial charge in [-0.25, -0.2) is 21.9 Å². The van der Waals surface area contributed by atoms with E-state index in [2.05, 4.69) is 9.71 Å². The fourth-order valence-corrected chi connectivity index (χ4v) is 3.35. The Balaban J connectivity index is 1.85. The zero-order valence-electron chi connectivity index (χ0n) is 11.3. The van der Waals surface area contributed by atoms with Gasteiger partial charge in [0.15, 0.2) is 4.90 Å². The van der Waals surface area contributed by atoms with Gasteiger partial charge in [-0.3, -0.25) is 0 Å². The van der Waals surface area contributed by atoms with Gasteiger partial charge in [0.1, 0.15) is 11.6 Å². The van der Waals surface area contributed by atoms with E-state index in [9.17, 15) is 17.2 Å². The van der Waals surface area contributed by atoms with Crippen LogP contribution in [0.1, 0.15) is 5.56 Å². The summed E-state index contributed by atoms with van der Waals surface area (Å²) in [6, 6.07) is 10.2. The number of nitrogens with one attached hydrogen (secondary N) is 2. The van der Waals surface area contributed by atoms with Crippen LogP contribution in [-0.2, 0) is 16.6 Å². The Morgan fingerprint density at radius 2 is 1.77 bits per heavy atom. The molecular formula is C15H12F2N2O2S. The van der Waals surface area contributed by atoms with Crippen molar-refractivity contribution in [3.8, 4) is 0 Å². The molecule has 0 fully saturated rings. The molecule has 0 aliphatic heterocycles. The number of benzene rings is 2. The van der Waals surface area contributed by atoms with E-state index in [1.165, 1.54) is 0 Å². The lowest BCUT2D eigenvalue weighted by atomic mass is 10.2. The van der Waals surface area contributed by atoms with Crippen LogP contribution in [0.4, 0.5) is 8.78 Å². The molecule has 2 N–H and O–H groups in total. The molecule has 3 rings (SSSR count). The second-order valence-electron chi connectivity index (χ2n) is 4.77. The number of hydrogen-bond donors (Lipinski definition) is 2. The highest BCUT2D eigenvalue weighted by Crippen LogP contribution is 2.19. The van der Waals surface area contributed by atoms with Gasteiger partial charge < -0.3 is 4.98 Å². The Labute approximate surface area is 125 Å². The van der Waals surface area contributed by atoms with Crippen LogP contribution in [0, 0.1) is 11.6 Å². The maximum absolute atomic E-state index is 13.6. The third kappa shape index (κ3) is 2.72. The molecule has 7 heteroatoms. The molecule has 0 aliphatic carbocycles. The number of H-pyrrole nitrogens is 1. The molecule has 4 nitrogen and oxygen atoms in total. The zero-order valence-corrected chi connectivity index (χ0v) is 12.1. The van der Waals surface area contributed by atoms with Gasteiger partial charge in [0.05, 0.1) is 0 Å². The monoisotopic (exact) mass is 322 g/mol. The largest absolute Gasteiger partial charge is 0.361 e. The molecule has 1 heterocycles. The van der Waals surface area contributed by atoms with Crippen LogP contribution in [0.5, 0.6) is 0 Å². The Bertz CT molecular complexity index is 915. The number of hydrogen-bond acceptors (Lipinski definition) is 2. The lowest BCUT2D eigenvalue weighted by molar-refractivity contribution is 0.514. The van der Waals surface area contributed by atoms with Crippen molar-refractivity contribution in [1.29, 1.82) is 0 Å². The number of halogens is 2. The summed E-state index contributed by atoms with van der Waals surface area (Å²) in [5.41, 5.74) is 1.53. The Morgan fingerprint density at radius 1 is 1.05 bits per heavy atom. The minimum Gasteiger partial charge on any atom is -0.361 e. The number of fused-ring (bicyclic) bond motifs is 1. The molecule has 22 heavy (non-hydrogen) atoms. The topological polar surface area (TPSA) is 62.0 Å². The van der Waals surface area contributed by atoms with E-state index in [-0.39, 0.29) is 6.54 Å². The van der Waals surface area contributed by atoms with Gasteiger partial charge >= 0.3 is 0 Å². The van der Waals surface area contributed by atoms with E-state index >= 15 is 0 Å². The lowest BCUT2D eigenvalue weighted by Gasteiger charge is -2.08. The first-order valence-corrected chi connectivity index (χ1v) is 7.95. The molecule has 0 radical (unpaired) electrons. The molecule has 0 saturated heterocycles. The smallest absolute Gasteiger partial charge is 0.246 e. The van der Waals surface area contributed by atoms with Crippen molar-refractivity contribution in [3.05, 3.63) is 65.9 Å². The Morgan fingerprint density at radius 3 is 2.50 bits per heavy atom. The first-order valence-electron chi connectivity index (χ1n) is 6.47. The normalized spacial score (nSPS) is 11.9. The Hall–Kier alpha value is -2.25. The van der Waals surface area contributed by atoms with Crippen molar-refractivity contribution in [2.45, 2.75) is 11.4 Å². The van der Waals surface area contributed by atoms with Crippen molar-refractivity contribution in [3.63, 3.8) is 0 Å². The van der Waals surface area contributed by atoms with Gasteiger partial charge in [-0.2, -0.15) is 0 Å². The molecule has 3 aromatic rings. The van der Waals surface area contributed by atoms with Gasteiger partial charge in [-0.15, -0.1) is 0 Å². The van der Waals surface area contributed by atoms with E-state index in [1.54, 1.807) is 18.3 Å². The number of sulfonamides is 1. The molecule has 0 saturated carbocycles. The van der Waals surface area contributed by atoms with Crippen LogP contribution in [0.25, 0.3) is 10.9 Å². The minimum absolute atomic E-state index is 0.0644. The number of aromatic nitrogens is 1. The van der Waals surface area contributed by atoms with Crippen LogP contribution < -0.4 is 4.72 Å². The third-order valence-corrected chi connectivity index (χ3v) is 4.73. The van der Waals surface area contributed by atoms with Crippen molar-refractivity contribution < 1.29 is 17.2 Å². The van der Waals surface area contributed by atoms with Gasteiger partial charge in [0, 0.05) is 18.3 Å². The third-order valence-electron chi connectivity index (χ3n) is 3.27. The predicted molar refractivity (Wildman–Crippen MR) is 78.7 cm³/mol.